The van der Waals surface area contributed by atoms with Crippen molar-refractivity contribution in [3.8, 4) is 22.7 Å². The van der Waals surface area contributed by atoms with Gasteiger partial charge in [0.15, 0.2) is 0 Å². The van der Waals surface area contributed by atoms with E-state index in [2.05, 4.69) is 0 Å². The van der Waals surface area contributed by atoms with Crippen molar-refractivity contribution in [1.29, 1.82) is 0 Å². The minimum Gasteiger partial charge on any atom is -0.497 e. The number of nitrogens with zero attached hydrogens (tertiary/aromatic N) is 4. The highest BCUT2D eigenvalue weighted by Gasteiger charge is 2.28. The van der Waals surface area contributed by atoms with Crippen LogP contribution in [-0.2, 0) is 4.74 Å². The molecule has 3 aromatic rings. The van der Waals surface area contributed by atoms with Gasteiger partial charge in [0.1, 0.15) is 11.4 Å². The van der Waals surface area contributed by atoms with Gasteiger partial charge in [-0.1, -0.05) is 29.8 Å². The summed E-state index contributed by atoms with van der Waals surface area (Å²) in [6.45, 7) is 3.75. The van der Waals surface area contributed by atoms with Crippen LogP contribution in [0.15, 0.2) is 54.6 Å². The lowest BCUT2D eigenvalue weighted by Gasteiger charge is -2.34. The van der Waals surface area contributed by atoms with Crippen molar-refractivity contribution >= 4 is 23.6 Å². The highest BCUT2D eigenvalue weighted by Crippen LogP contribution is 2.29. The monoisotopic (exact) mass is 468 g/mol. The van der Waals surface area contributed by atoms with Gasteiger partial charge in [-0.05, 0) is 43.3 Å². The summed E-state index contributed by atoms with van der Waals surface area (Å²) < 4.78 is 11.9. The Labute approximate surface area is 197 Å². The van der Waals surface area contributed by atoms with Crippen LogP contribution in [0.25, 0.3) is 16.9 Å². The summed E-state index contributed by atoms with van der Waals surface area (Å²) in [6.07, 6.45) is -0.353. The summed E-state index contributed by atoms with van der Waals surface area (Å²) in [4.78, 5) is 28.9. The van der Waals surface area contributed by atoms with Crippen molar-refractivity contribution < 1.29 is 19.1 Å². The van der Waals surface area contributed by atoms with E-state index >= 15 is 0 Å². The van der Waals surface area contributed by atoms with Crippen LogP contribution >= 0.6 is 11.6 Å². The zero-order chi connectivity index (χ0) is 23.4. The van der Waals surface area contributed by atoms with Crippen LogP contribution in [0.3, 0.4) is 0 Å². The summed E-state index contributed by atoms with van der Waals surface area (Å²) in [5.74, 6) is 0.542. The summed E-state index contributed by atoms with van der Waals surface area (Å²) >= 11 is 6.40. The molecule has 33 heavy (non-hydrogen) atoms. The van der Waals surface area contributed by atoms with Crippen molar-refractivity contribution in [2.75, 3.05) is 39.9 Å². The number of benzene rings is 2. The molecule has 1 aromatic heterocycles. The Morgan fingerprint density at radius 3 is 2.30 bits per heavy atom. The Kier molecular flexibility index (Phi) is 6.84. The maximum atomic E-state index is 13.5. The van der Waals surface area contributed by atoms with Crippen LogP contribution in [0, 0.1) is 0 Å². The van der Waals surface area contributed by atoms with Gasteiger partial charge in [-0.2, -0.15) is 5.10 Å². The first-order valence-electron chi connectivity index (χ1n) is 10.7. The van der Waals surface area contributed by atoms with E-state index in [0.717, 1.165) is 11.3 Å². The van der Waals surface area contributed by atoms with Gasteiger partial charge in [0.2, 0.25) is 0 Å². The standard InChI is InChI=1S/C24H25ClN4O4/c1-3-33-24(31)28-14-12-27(13-15-28)23(30)22-16-21(19-6-4-5-7-20(19)25)26-29(22)17-8-10-18(32-2)11-9-17/h4-11,16H,3,12-15H2,1-2H3. The van der Waals surface area contributed by atoms with E-state index in [1.165, 1.54) is 0 Å². The fourth-order valence-corrected chi connectivity index (χ4v) is 3.96. The fraction of sp³-hybridized carbons (Fsp3) is 0.292. The van der Waals surface area contributed by atoms with E-state index in [4.69, 9.17) is 26.2 Å². The van der Waals surface area contributed by atoms with Gasteiger partial charge in [-0.3, -0.25) is 4.79 Å². The Balaban J connectivity index is 1.65. The molecule has 172 valence electrons. The van der Waals surface area contributed by atoms with Gasteiger partial charge in [0, 0.05) is 31.7 Å². The van der Waals surface area contributed by atoms with Gasteiger partial charge in [-0.15, -0.1) is 0 Å². The van der Waals surface area contributed by atoms with E-state index in [1.54, 1.807) is 40.6 Å². The second-order valence-corrected chi connectivity index (χ2v) is 7.89. The molecule has 4 rings (SSSR count). The highest BCUT2D eigenvalue weighted by molar-refractivity contribution is 6.33. The maximum Gasteiger partial charge on any atom is 0.409 e. The molecule has 1 saturated heterocycles. The number of hydrogen-bond donors (Lipinski definition) is 0. The molecule has 0 N–H and O–H groups in total. The number of hydrogen-bond acceptors (Lipinski definition) is 5. The second kappa shape index (κ2) is 9.95. The third-order valence-corrected chi connectivity index (χ3v) is 5.82. The van der Waals surface area contributed by atoms with E-state index in [9.17, 15) is 9.59 Å². The topological polar surface area (TPSA) is 76.9 Å². The second-order valence-electron chi connectivity index (χ2n) is 7.48. The number of piperazine rings is 1. The molecular formula is C24H25ClN4O4. The van der Waals surface area contributed by atoms with Gasteiger partial charge >= 0.3 is 6.09 Å². The molecule has 9 heteroatoms. The summed E-state index contributed by atoms with van der Waals surface area (Å²) in [6, 6.07) is 16.5. The van der Waals surface area contributed by atoms with E-state index in [1.807, 2.05) is 42.5 Å². The minimum absolute atomic E-state index is 0.167. The molecule has 2 heterocycles. The average Bonchev–Trinajstić information content (AvgIpc) is 3.29. The summed E-state index contributed by atoms with van der Waals surface area (Å²) in [5, 5.41) is 5.26. The molecule has 0 atom stereocenters. The summed E-state index contributed by atoms with van der Waals surface area (Å²) in [7, 11) is 1.60. The van der Waals surface area contributed by atoms with Gasteiger partial charge in [0.05, 0.1) is 30.1 Å². The quantitative estimate of drug-likeness (QED) is 0.563. The molecule has 0 spiro atoms. The van der Waals surface area contributed by atoms with E-state index in [-0.39, 0.29) is 12.0 Å². The van der Waals surface area contributed by atoms with Crippen LogP contribution in [-0.4, -0.2) is 71.5 Å². The fourth-order valence-electron chi connectivity index (χ4n) is 3.72. The van der Waals surface area contributed by atoms with Crippen molar-refractivity contribution in [2.24, 2.45) is 0 Å². The van der Waals surface area contributed by atoms with Crippen molar-refractivity contribution in [3.63, 3.8) is 0 Å². The van der Waals surface area contributed by atoms with E-state index < -0.39 is 0 Å². The predicted octanol–water partition coefficient (Wildman–Crippen LogP) is 4.12. The molecule has 0 unspecified atom stereocenters. The molecule has 1 aliphatic rings. The van der Waals surface area contributed by atoms with Gasteiger partial charge in [0.25, 0.3) is 5.91 Å². The Hall–Kier alpha value is -3.52. The molecule has 0 saturated carbocycles. The third-order valence-electron chi connectivity index (χ3n) is 5.49. The molecule has 1 fully saturated rings. The molecule has 0 aliphatic carbocycles. The largest absolute Gasteiger partial charge is 0.497 e. The molecule has 2 amide bonds. The van der Waals surface area contributed by atoms with Crippen LogP contribution < -0.4 is 4.74 Å². The molecular weight excluding hydrogens is 444 g/mol. The number of ether oxygens (including phenoxy) is 2. The van der Waals surface area contributed by atoms with Crippen LogP contribution in [0.2, 0.25) is 5.02 Å². The van der Waals surface area contributed by atoms with Gasteiger partial charge in [-0.25, -0.2) is 9.48 Å². The molecule has 1 aliphatic heterocycles. The first-order chi connectivity index (χ1) is 16.0. The van der Waals surface area contributed by atoms with Gasteiger partial charge < -0.3 is 19.3 Å². The molecule has 8 nitrogen and oxygen atoms in total. The Morgan fingerprint density at radius 1 is 1.00 bits per heavy atom. The Morgan fingerprint density at radius 2 is 1.67 bits per heavy atom. The SMILES string of the molecule is CCOC(=O)N1CCN(C(=O)c2cc(-c3ccccc3Cl)nn2-c2ccc(OC)cc2)CC1. The zero-order valence-electron chi connectivity index (χ0n) is 18.5. The smallest absolute Gasteiger partial charge is 0.409 e. The van der Waals surface area contributed by atoms with Crippen molar-refractivity contribution in [2.45, 2.75) is 6.92 Å². The number of amides is 2. The maximum absolute atomic E-state index is 13.5. The number of aromatic nitrogens is 2. The third kappa shape index (κ3) is 4.80. The number of rotatable bonds is 5. The molecule has 2 aromatic carbocycles. The Bertz CT molecular complexity index is 1140. The van der Waals surface area contributed by atoms with Crippen molar-refractivity contribution in [3.05, 3.63) is 65.3 Å². The lowest BCUT2D eigenvalue weighted by atomic mass is 10.1. The number of carbonyl (C=O) groups is 2. The molecule has 0 radical (unpaired) electrons. The van der Waals surface area contributed by atoms with Crippen LogP contribution in [0.1, 0.15) is 17.4 Å². The van der Waals surface area contributed by atoms with Crippen molar-refractivity contribution in [1.82, 2.24) is 19.6 Å². The van der Waals surface area contributed by atoms with E-state index in [0.29, 0.717) is 54.9 Å². The van der Waals surface area contributed by atoms with Crippen LogP contribution in [0.4, 0.5) is 4.79 Å². The normalized spacial score (nSPS) is 13.7. The first-order valence-corrected chi connectivity index (χ1v) is 11.1. The first kappa shape index (κ1) is 22.7. The zero-order valence-corrected chi connectivity index (χ0v) is 19.3. The number of methoxy groups -OCH3 is 1. The average molecular weight is 469 g/mol. The number of halogens is 1. The molecule has 0 bridgehead atoms. The highest BCUT2D eigenvalue weighted by atomic mass is 35.5. The number of carbonyl (C=O) groups excluding carboxylic acids is 2. The van der Waals surface area contributed by atoms with Crippen LogP contribution in [0.5, 0.6) is 5.75 Å². The predicted molar refractivity (Wildman–Crippen MR) is 125 cm³/mol. The lowest BCUT2D eigenvalue weighted by Crippen LogP contribution is -2.51. The minimum atomic E-state index is -0.353. The lowest BCUT2D eigenvalue weighted by molar-refractivity contribution is 0.0563. The summed E-state index contributed by atoms with van der Waals surface area (Å²) in [5.41, 5.74) is 2.49.